The first kappa shape index (κ1) is 29.2. The van der Waals surface area contributed by atoms with Crippen molar-refractivity contribution in [2.75, 3.05) is 0 Å². The van der Waals surface area contributed by atoms with Crippen LogP contribution in [0.4, 0.5) is 0 Å². The zero-order chi connectivity index (χ0) is 32.6. The number of rotatable bonds is 6. The van der Waals surface area contributed by atoms with Gasteiger partial charge in [-0.3, -0.25) is 0 Å². The molecule has 0 aliphatic carbocycles. The molecule has 49 heavy (non-hydrogen) atoms. The summed E-state index contributed by atoms with van der Waals surface area (Å²) in [6, 6.07) is 62.4. The van der Waals surface area contributed by atoms with E-state index in [-0.39, 0.29) is 14.5 Å². The second-order valence-electron chi connectivity index (χ2n) is 12.0. The van der Waals surface area contributed by atoms with E-state index in [0.717, 1.165) is 61.5 Å². The van der Waals surface area contributed by atoms with Crippen LogP contribution in [0.15, 0.2) is 176 Å². The van der Waals surface area contributed by atoms with Gasteiger partial charge in [-0.25, -0.2) is 0 Å². The Balaban J connectivity index is 1.42. The fourth-order valence-corrected chi connectivity index (χ4v) is 9.34. The molecule has 0 unspecified atom stereocenters. The molecule has 9 aromatic rings. The molecule has 0 aliphatic rings. The molecule has 0 saturated heterocycles. The Morgan fingerprint density at radius 2 is 0.816 bits per heavy atom. The van der Waals surface area contributed by atoms with Gasteiger partial charge in [-0.2, -0.15) is 0 Å². The molecule has 4 heteroatoms. The Kier molecular flexibility index (Phi) is 7.51. The first-order valence-corrected chi connectivity index (χ1v) is 18.1. The van der Waals surface area contributed by atoms with E-state index in [2.05, 4.69) is 181 Å². The molecule has 9 rings (SSSR count). The molecule has 230 valence electrons. The zero-order valence-corrected chi connectivity index (χ0v) is 28.2. The summed E-state index contributed by atoms with van der Waals surface area (Å²) in [7, 11) is 0. The fourth-order valence-electron chi connectivity index (χ4n) is 7.00. The molecule has 0 aliphatic heterocycles. The molecule has 2 heterocycles. The van der Waals surface area contributed by atoms with Gasteiger partial charge in [-0.05, 0) is 0 Å². The first-order chi connectivity index (χ1) is 24.3. The standard InChI is InChI=1S/C45H29N3Se/c1-4-16-30(17-5-1)33-22-10-12-24-35(33)43-44(36-25-13-11-23-34(36)31-18-6-2-7-19-31)46-48-47-45(43)38-28-29-40-42(37-26-14-15-27-39(37)49-40)41(38)32-20-8-3-9-21-32/h1-29H. The second kappa shape index (κ2) is 12.6. The molecular weight excluding hydrogens is 661 g/mol. The Morgan fingerprint density at radius 3 is 1.47 bits per heavy atom. The first-order valence-electron chi connectivity index (χ1n) is 16.4. The van der Waals surface area contributed by atoms with E-state index in [1.165, 1.54) is 24.9 Å². The van der Waals surface area contributed by atoms with E-state index >= 15 is 0 Å². The Hall–Kier alpha value is -5.93. The number of aromatic nitrogens is 3. The van der Waals surface area contributed by atoms with Gasteiger partial charge in [0.2, 0.25) is 0 Å². The van der Waals surface area contributed by atoms with Gasteiger partial charge in [0.05, 0.1) is 0 Å². The van der Waals surface area contributed by atoms with Crippen LogP contribution in [0, 0.1) is 0 Å². The van der Waals surface area contributed by atoms with E-state index in [0.29, 0.717) is 0 Å². The van der Waals surface area contributed by atoms with E-state index in [1.807, 2.05) is 0 Å². The summed E-state index contributed by atoms with van der Waals surface area (Å²) in [6.45, 7) is 0. The minimum absolute atomic E-state index is 0.223. The van der Waals surface area contributed by atoms with E-state index in [1.54, 1.807) is 0 Å². The summed E-state index contributed by atoms with van der Waals surface area (Å²) in [5.41, 5.74) is 12.5. The number of benzene rings is 7. The van der Waals surface area contributed by atoms with Crippen molar-refractivity contribution in [3.63, 3.8) is 0 Å². The molecule has 0 atom stereocenters. The van der Waals surface area contributed by atoms with Crippen LogP contribution in [0.25, 0.3) is 86.3 Å². The maximum absolute atomic E-state index is 4.96. The summed E-state index contributed by atoms with van der Waals surface area (Å²) in [5.74, 6) is 0. The third-order valence-electron chi connectivity index (χ3n) is 9.17. The van der Waals surface area contributed by atoms with Gasteiger partial charge in [-0.15, -0.1) is 0 Å². The van der Waals surface area contributed by atoms with E-state index in [4.69, 9.17) is 10.2 Å². The number of hydrogen-bond acceptors (Lipinski definition) is 3. The van der Waals surface area contributed by atoms with Crippen molar-refractivity contribution in [1.29, 1.82) is 0 Å². The minimum atomic E-state index is 0.223. The molecule has 0 fully saturated rings. The molecule has 2 aromatic heterocycles. The molecule has 0 bridgehead atoms. The number of fused-ring (bicyclic) bond motifs is 3. The van der Waals surface area contributed by atoms with Crippen molar-refractivity contribution in [3.05, 3.63) is 176 Å². The van der Waals surface area contributed by atoms with Gasteiger partial charge in [0.25, 0.3) is 0 Å². The molecule has 0 saturated carbocycles. The van der Waals surface area contributed by atoms with Crippen LogP contribution in [-0.4, -0.2) is 29.9 Å². The van der Waals surface area contributed by atoms with Crippen molar-refractivity contribution < 1.29 is 0 Å². The second-order valence-corrected chi connectivity index (χ2v) is 14.3. The number of hydrogen-bond donors (Lipinski definition) is 0. The molecule has 0 N–H and O–H groups in total. The molecule has 0 radical (unpaired) electrons. The predicted molar refractivity (Wildman–Crippen MR) is 204 cm³/mol. The number of nitrogens with zero attached hydrogens (tertiary/aromatic N) is 3. The van der Waals surface area contributed by atoms with E-state index < -0.39 is 0 Å². The van der Waals surface area contributed by atoms with Gasteiger partial charge >= 0.3 is 286 Å². The van der Waals surface area contributed by atoms with Gasteiger partial charge in [-0.1, -0.05) is 6.07 Å². The van der Waals surface area contributed by atoms with Gasteiger partial charge in [0, 0.05) is 0 Å². The molecule has 7 aromatic carbocycles. The van der Waals surface area contributed by atoms with E-state index in [9.17, 15) is 0 Å². The van der Waals surface area contributed by atoms with Crippen molar-refractivity contribution in [3.8, 4) is 67.0 Å². The quantitative estimate of drug-likeness (QED) is 0.163. The third-order valence-corrected chi connectivity index (χ3v) is 11.6. The Bertz CT molecular complexity index is 2590. The zero-order valence-electron chi connectivity index (χ0n) is 26.5. The van der Waals surface area contributed by atoms with Crippen molar-refractivity contribution in [1.82, 2.24) is 15.4 Å². The molecule has 0 spiro atoms. The van der Waals surface area contributed by atoms with Gasteiger partial charge in [0.15, 0.2) is 0 Å². The van der Waals surface area contributed by atoms with Crippen LogP contribution in [0.1, 0.15) is 0 Å². The van der Waals surface area contributed by atoms with Crippen molar-refractivity contribution >= 4 is 33.8 Å². The van der Waals surface area contributed by atoms with Crippen molar-refractivity contribution in [2.45, 2.75) is 0 Å². The van der Waals surface area contributed by atoms with Crippen LogP contribution in [-0.2, 0) is 0 Å². The monoisotopic (exact) mass is 691 g/mol. The summed E-state index contributed by atoms with van der Waals surface area (Å²) >= 11 is 0.223. The maximum atomic E-state index is 4.96. The van der Waals surface area contributed by atoms with Crippen LogP contribution < -0.4 is 0 Å². The summed E-state index contributed by atoms with van der Waals surface area (Å²) in [5, 5.41) is 17.0. The topological polar surface area (TPSA) is 38.7 Å². The Labute approximate surface area is 290 Å². The normalized spacial score (nSPS) is 11.3. The van der Waals surface area contributed by atoms with Crippen LogP contribution in [0.3, 0.4) is 0 Å². The van der Waals surface area contributed by atoms with Crippen LogP contribution >= 0.6 is 0 Å². The van der Waals surface area contributed by atoms with Crippen LogP contribution in [0.2, 0.25) is 0 Å². The summed E-state index contributed by atoms with van der Waals surface area (Å²) in [6.07, 6.45) is 0. The third kappa shape index (κ3) is 5.19. The molecule has 3 nitrogen and oxygen atoms in total. The Morgan fingerprint density at radius 1 is 0.327 bits per heavy atom. The van der Waals surface area contributed by atoms with Crippen LogP contribution in [0.5, 0.6) is 0 Å². The fraction of sp³-hybridized carbons (Fsp3) is 0. The average molecular weight is 691 g/mol. The van der Waals surface area contributed by atoms with Crippen molar-refractivity contribution in [2.24, 2.45) is 0 Å². The van der Waals surface area contributed by atoms with Gasteiger partial charge < -0.3 is 0 Å². The SMILES string of the molecule is c1ccc(-c2ccccc2-c2nnnc(-c3ccc4[se]c5ccccc5c4c3-c3ccccc3)c2-c2ccccc2-c2ccccc2)cc1. The van der Waals surface area contributed by atoms with Gasteiger partial charge in [0.1, 0.15) is 0 Å². The molecular formula is C45H29N3Se. The average Bonchev–Trinajstić information content (AvgIpc) is 3.57. The predicted octanol–water partition coefficient (Wildman–Crippen LogP) is 11.2. The summed E-state index contributed by atoms with van der Waals surface area (Å²) in [4.78, 5) is 0. The summed E-state index contributed by atoms with van der Waals surface area (Å²) < 4.78 is 2.80. The molecule has 0 amide bonds.